The molecule has 0 saturated carbocycles. The largest absolute Gasteiger partial charge is 0.392 e. The van der Waals surface area contributed by atoms with Crippen molar-refractivity contribution in [1.29, 1.82) is 0 Å². The summed E-state index contributed by atoms with van der Waals surface area (Å²) in [5.74, 6) is 0.0181. The van der Waals surface area contributed by atoms with Crippen LogP contribution in [0.3, 0.4) is 0 Å². The third-order valence-corrected chi connectivity index (χ3v) is 4.11. The first-order valence-corrected chi connectivity index (χ1v) is 8.19. The van der Waals surface area contributed by atoms with E-state index in [2.05, 4.69) is 24.0 Å². The molecule has 0 bridgehead atoms. The molecule has 0 aliphatic heterocycles. The van der Waals surface area contributed by atoms with Gasteiger partial charge in [0.2, 0.25) is 0 Å². The lowest BCUT2D eigenvalue weighted by Crippen LogP contribution is -2.36. The molecular weight excluding hydrogens is 300 g/mol. The first-order valence-electron chi connectivity index (χ1n) is 8.19. The fourth-order valence-corrected chi connectivity index (χ4v) is 2.50. The Morgan fingerprint density at radius 2 is 1.67 bits per heavy atom. The van der Waals surface area contributed by atoms with Gasteiger partial charge in [0.1, 0.15) is 0 Å². The number of rotatable bonds is 7. The maximum Gasteiger partial charge on any atom is 0.254 e. The minimum atomic E-state index is -0.0119. The van der Waals surface area contributed by atoms with E-state index in [4.69, 9.17) is 5.11 Å². The zero-order valence-electron chi connectivity index (χ0n) is 14.7. The van der Waals surface area contributed by atoms with Crippen molar-refractivity contribution in [3.8, 4) is 0 Å². The average molecular weight is 326 g/mol. The number of aryl methyl sites for hydroxylation is 1. The summed E-state index contributed by atoms with van der Waals surface area (Å²) < 4.78 is 0. The second-order valence-electron chi connectivity index (χ2n) is 6.31. The number of benzene rings is 2. The van der Waals surface area contributed by atoms with Crippen LogP contribution in [0.5, 0.6) is 0 Å². The van der Waals surface area contributed by atoms with Crippen LogP contribution in [0.1, 0.15) is 27.0 Å². The van der Waals surface area contributed by atoms with Gasteiger partial charge in [0.05, 0.1) is 6.61 Å². The number of carbonyl (C=O) groups excluding carboxylic acids is 1. The molecule has 0 aromatic heterocycles. The van der Waals surface area contributed by atoms with E-state index in [1.807, 2.05) is 31.1 Å². The highest BCUT2D eigenvalue weighted by Gasteiger charge is 2.17. The molecule has 0 atom stereocenters. The normalized spacial score (nSPS) is 10.9. The van der Waals surface area contributed by atoms with E-state index in [0.717, 1.165) is 17.7 Å². The average Bonchev–Trinajstić information content (AvgIpc) is 2.59. The molecular formula is C20H26N2O2. The van der Waals surface area contributed by atoms with Gasteiger partial charge in [-0.15, -0.1) is 0 Å². The summed E-state index contributed by atoms with van der Waals surface area (Å²) in [6.45, 7) is 4.14. The molecule has 0 aliphatic rings. The van der Waals surface area contributed by atoms with Gasteiger partial charge in [0, 0.05) is 25.2 Å². The van der Waals surface area contributed by atoms with Crippen molar-refractivity contribution in [1.82, 2.24) is 9.80 Å². The predicted octanol–water partition coefficient (Wildman–Crippen LogP) is 2.69. The molecule has 4 heteroatoms. The monoisotopic (exact) mass is 326 g/mol. The predicted molar refractivity (Wildman–Crippen MR) is 96.8 cm³/mol. The van der Waals surface area contributed by atoms with Gasteiger partial charge in [-0.25, -0.2) is 0 Å². The molecule has 0 radical (unpaired) electrons. The van der Waals surface area contributed by atoms with Crippen LogP contribution < -0.4 is 0 Å². The number of aliphatic hydroxyl groups excluding tert-OH is 1. The SMILES string of the molecule is Cc1ccccc1CN(CCN(C)C)C(=O)c1ccc(CO)cc1. The van der Waals surface area contributed by atoms with Crippen molar-refractivity contribution in [3.63, 3.8) is 0 Å². The van der Waals surface area contributed by atoms with Gasteiger partial charge < -0.3 is 14.9 Å². The minimum Gasteiger partial charge on any atom is -0.392 e. The van der Waals surface area contributed by atoms with E-state index in [-0.39, 0.29) is 12.5 Å². The van der Waals surface area contributed by atoms with Crippen LogP contribution in [0, 0.1) is 6.92 Å². The molecule has 2 aromatic rings. The lowest BCUT2D eigenvalue weighted by atomic mass is 10.1. The van der Waals surface area contributed by atoms with Crippen LogP contribution in [0.25, 0.3) is 0 Å². The van der Waals surface area contributed by atoms with Crippen LogP contribution in [0.2, 0.25) is 0 Å². The fourth-order valence-electron chi connectivity index (χ4n) is 2.50. The number of nitrogens with zero attached hydrogens (tertiary/aromatic N) is 2. The van der Waals surface area contributed by atoms with Crippen molar-refractivity contribution >= 4 is 5.91 Å². The van der Waals surface area contributed by atoms with Crippen molar-refractivity contribution in [2.45, 2.75) is 20.1 Å². The first-order chi connectivity index (χ1) is 11.5. The maximum atomic E-state index is 12.9. The van der Waals surface area contributed by atoms with Gasteiger partial charge in [0.25, 0.3) is 5.91 Å². The van der Waals surface area contributed by atoms with E-state index in [9.17, 15) is 4.79 Å². The third kappa shape index (κ3) is 4.91. The zero-order chi connectivity index (χ0) is 17.5. The highest BCUT2D eigenvalue weighted by atomic mass is 16.3. The van der Waals surface area contributed by atoms with Gasteiger partial charge in [-0.3, -0.25) is 4.79 Å². The summed E-state index contributed by atoms with van der Waals surface area (Å²) in [6, 6.07) is 15.3. The van der Waals surface area contributed by atoms with E-state index in [1.54, 1.807) is 24.3 Å². The molecule has 2 aromatic carbocycles. The summed E-state index contributed by atoms with van der Waals surface area (Å²) in [4.78, 5) is 16.9. The fraction of sp³-hybridized carbons (Fsp3) is 0.350. The number of likely N-dealkylation sites (N-methyl/N-ethyl adjacent to an activating group) is 1. The van der Waals surface area contributed by atoms with Crippen molar-refractivity contribution in [2.24, 2.45) is 0 Å². The molecule has 0 spiro atoms. The summed E-state index contributed by atoms with van der Waals surface area (Å²) in [5, 5.41) is 9.15. The van der Waals surface area contributed by atoms with E-state index < -0.39 is 0 Å². The minimum absolute atomic E-state index is 0.0119. The first kappa shape index (κ1) is 18.2. The van der Waals surface area contributed by atoms with Crippen LogP contribution in [-0.2, 0) is 13.2 Å². The molecule has 128 valence electrons. The number of aliphatic hydroxyl groups is 1. The number of amides is 1. The summed E-state index contributed by atoms with van der Waals surface area (Å²) in [5.41, 5.74) is 3.82. The van der Waals surface area contributed by atoms with Crippen molar-refractivity contribution in [3.05, 3.63) is 70.8 Å². The van der Waals surface area contributed by atoms with Crippen LogP contribution in [0.15, 0.2) is 48.5 Å². The number of carbonyl (C=O) groups is 1. The van der Waals surface area contributed by atoms with Gasteiger partial charge in [-0.2, -0.15) is 0 Å². The summed E-state index contributed by atoms with van der Waals surface area (Å²) >= 11 is 0. The Labute approximate surface area is 144 Å². The molecule has 0 unspecified atom stereocenters. The molecule has 0 saturated heterocycles. The van der Waals surface area contributed by atoms with Crippen molar-refractivity contribution < 1.29 is 9.90 Å². The molecule has 0 heterocycles. The van der Waals surface area contributed by atoms with Crippen LogP contribution in [0.4, 0.5) is 0 Å². The van der Waals surface area contributed by atoms with Gasteiger partial charge in [0.15, 0.2) is 0 Å². The molecule has 0 aliphatic carbocycles. The van der Waals surface area contributed by atoms with Gasteiger partial charge >= 0.3 is 0 Å². The van der Waals surface area contributed by atoms with E-state index >= 15 is 0 Å². The van der Waals surface area contributed by atoms with Crippen LogP contribution >= 0.6 is 0 Å². The highest BCUT2D eigenvalue weighted by molar-refractivity contribution is 5.94. The lowest BCUT2D eigenvalue weighted by Gasteiger charge is -2.25. The summed E-state index contributed by atoms with van der Waals surface area (Å²) in [6.07, 6.45) is 0. The summed E-state index contributed by atoms with van der Waals surface area (Å²) in [7, 11) is 4.01. The molecule has 1 amide bonds. The highest BCUT2D eigenvalue weighted by Crippen LogP contribution is 2.14. The van der Waals surface area contributed by atoms with Crippen molar-refractivity contribution in [2.75, 3.05) is 27.2 Å². The molecule has 0 fully saturated rings. The standard InChI is InChI=1S/C20H26N2O2/c1-16-6-4-5-7-19(16)14-22(13-12-21(2)3)20(24)18-10-8-17(15-23)9-11-18/h4-11,23H,12-15H2,1-3H3. The Hall–Kier alpha value is -2.17. The quantitative estimate of drug-likeness (QED) is 0.851. The van der Waals surface area contributed by atoms with E-state index in [1.165, 1.54) is 5.56 Å². The Morgan fingerprint density at radius 3 is 2.25 bits per heavy atom. The molecule has 4 nitrogen and oxygen atoms in total. The Balaban J connectivity index is 2.20. The molecule has 2 rings (SSSR count). The molecule has 24 heavy (non-hydrogen) atoms. The van der Waals surface area contributed by atoms with Gasteiger partial charge in [-0.1, -0.05) is 36.4 Å². The number of hydrogen-bond acceptors (Lipinski definition) is 3. The Bertz CT molecular complexity index is 666. The lowest BCUT2D eigenvalue weighted by molar-refractivity contribution is 0.0731. The molecule has 1 N–H and O–H groups in total. The van der Waals surface area contributed by atoms with E-state index in [0.29, 0.717) is 18.7 Å². The Kier molecular flexibility index (Phi) is 6.53. The number of hydrogen-bond donors (Lipinski definition) is 1. The smallest absolute Gasteiger partial charge is 0.254 e. The zero-order valence-corrected chi connectivity index (χ0v) is 14.7. The van der Waals surface area contributed by atoms with Crippen LogP contribution in [-0.4, -0.2) is 48.0 Å². The Morgan fingerprint density at radius 1 is 1.00 bits per heavy atom. The maximum absolute atomic E-state index is 12.9. The third-order valence-electron chi connectivity index (χ3n) is 4.11. The second kappa shape index (κ2) is 8.62. The van der Waals surface area contributed by atoms with Gasteiger partial charge in [-0.05, 0) is 49.8 Å². The second-order valence-corrected chi connectivity index (χ2v) is 6.31. The topological polar surface area (TPSA) is 43.8 Å².